The molecule has 0 spiro atoms. The maximum atomic E-state index is 5.83. The van der Waals surface area contributed by atoms with E-state index in [1.54, 1.807) is 6.20 Å². The van der Waals surface area contributed by atoms with Gasteiger partial charge in [0, 0.05) is 24.4 Å². The maximum Gasteiger partial charge on any atom is 0.178 e. The Labute approximate surface area is 108 Å². The lowest BCUT2D eigenvalue weighted by Crippen LogP contribution is -2.02. The molecule has 2 aromatic heterocycles. The number of ether oxygens (including phenoxy) is 1. The van der Waals surface area contributed by atoms with Crippen molar-refractivity contribution in [2.45, 2.75) is 13.0 Å². The molecule has 0 unspecified atom stereocenters. The monoisotopic (exact) mass is 256 g/mol. The van der Waals surface area contributed by atoms with Crippen LogP contribution < -0.4 is 10.5 Å². The van der Waals surface area contributed by atoms with Crippen molar-refractivity contribution in [1.82, 2.24) is 14.9 Å². The normalized spacial score (nSPS) is 13.7. The van der Waals surface area contributed by atoms with E-state index in [-0.39, 0.29) is 0 Å². The first-order valence-electron chi connectivity index (χ1n) is 6.13. The molecule has 1 aromatic carbocycles. The summed E-state index contributed by atoms with van der Waals surface area (Å²) in [5.74, 6) is 1.21. The van der Waals surface area contributed by atoms with Gasteiger partial charge < -0.3 is 15.0 Å². The third kappa shape index (κ3) is 1.49. The highest BCUT2D eigenvalue weighted by Gasteiger charge is 2.24. The van der Waals surface area contributed by atoms with E-state index in [4.69, 9.17) is 15.0 Å². The minimum atomic E-state index is 0.388. The van der Waals surface area contributed by atoms with E-state index in [0.717, 1.165) is 23.1 Å². The average molecular weight is 256 g/mol. The standard InChI is InChI=1S/C13H12N4O2/c14-13-11-10(19-16-13)6-8(7-17-4-1-3-15-17)9-2-5-18-12(9)11/h1,3-4,6H,2,5,7H2,(H2,14,16). The van der Waals surface area contributed by atoms with Crippen LogP contribution in [0.3, 0.4) is 0 Å². The number of nitrogens with zero attached hydrogens (tertiary/aromatic N) is 3. The molecule has 0 bridgehead atoms. The van der Waals surface area contributed by atoms with Crippen LogP contribution in [0.4, 0.5) is 5.82 Å². The van der Waals surface area contributed by atoms with Crippen LogP contribution >= 0.6 is 0 Å². The van der Waals surface area contributed by atoms with E-state index < -0.39 is 0 Å². The lowest BCUT2D eigenvalue weighted by Gasteiger charge is -2.08. The van der Waals surface area contributed by atoms with Gasteiger partial charge in [-0.2, -0.15) is 5.10 Å². The number of fused-ring (bicyclic) bond motifs is 3. The zero-order valence-corrected chi connectivity index (χ0v) is 10.2. The van der Waals surface area contributed by atoms with Crippen LogP contribution in [-0.4, -0.2) is 21.5 Å². The molecule has 19 heavy (non-hydrogen) atoms. The Morgan fingerprint density at radius 2 is 2.37 bits per heavy atom. The summed E-state index contributed by atoms with van der Waals surface area (Å²) in [6.45, 7) is 1.36. The van der Waals surface area contributed by atoms with Crippen molar-refractivity contribution in [2.24, 2.45) is 0 Å². The molecule has 3 aromatic rings. The van der Waals surface area contributed by atoms with E-state index in [0.29, 0.717) is 24.6 Å². The molecule has 2 N–H and O–H groups in total. The number of anilines is 1. The molecule has 0 radical (unpaired) electrons. The molecule has 1 aliphatic heterocycles. The van der Waals surface area contributed by atoms with Gasteiger partial charge in [-0.3, -0.25) is 4.68 Å². The Morgan fingerprint density at radius 1 is 1.42 bits per heavy atom. The second-order valence-corrected chi connectivity index (χ2v) is 4.59. The first-order valence-corrected chi connectivity index (χ1v) is 6.13. The fourth-order valence-electron chi connectivity index (χ4n) is 2.58. The average Bonchev–Trinajstić information content (AvgIpc) is 3.09. The summed E-state index contributed by atoms with van der Waals surface area (Å²) < 4.78 is 12.8. The van der Waals surface area contributed by atoms with Gasteiger partial charge in [-0.1, -0.05) is 5.16 Å². The minimum Gasteiger partial charge on any atom is -0.492 e. The van der Waals surface area contributed by atoms with Gasteiger partial charge in [0.15, 0.2) is 11.4 Å². The van der Waals surface area contributed by atoms with E-state index in [1.165, 1.54) is 5.56 Å². The van der Waals surface area contributed by atoms with Crippen molar-refractivity contribution in [3.05, 3.63) is 35.7 Å². The summed E-state index contributed by atoms with van der Waals surface area (Å²) in [5, 5.41) is 8.83. The van der Waals surface area contributed by atoms with Gasteiger partial charge in [0.25, 0.3) is 0 Å². The van der Waals surface area contributed by atoms with Crippen molar-refractivity contribution in [2.75, 3.05) is 12.3 Å². The molecular weight excluding hydrogens is 244 g/mol. The fraction of sp³-hybridized carbons (Fsp3) is 0.231. The number of rotatable bonds is 2. The minimum absolute atomic E-state index is 0.388. The SMILES string of the molecule is Nc1noc2cc(Cn3cccn3)c3c(c12)OCC3. The van der Waals surface area contributed by atoms with Crippen LogP contribution in [-0.2, 0) is 13.0 Å². The topological polar surface area (TPSA) is 79.1 Å². The molecule has 0 aliphatic carbocycles. The molecular formula is C13H12N4O2. The van der Waals surface area contributed by atoms with Crippen molar-refractivity contribution in [3.63, 3.8) is 0 Å². The van der Waals surface area contributed by atoms with Gasteiger partial charge in [0.2, 0.25) is 0 Å². The number of hydrogen-bond donors (Lipinski definition) is 1. The molecule has 6 heteroatoms. The summed E-state index contributed by atoms with van der Waals surface area (Å²) in [6, 6.07) is 3.88. The molecule has 96 valence electrons. The van der Waals surface area contributed by atoms with Crippen LogP contribution in [0.25, 0.3) is 11.0 Å². The van der Waals surface area contributed by atoms with Crippen LogP contribution in [0.5, 0.6) is 5.75 Å². The molecule has 1 aliphatic rings. The number of aromatic nitrogens is 3. The number of nitrogens with two attached hydrogens (primary N) is 1. The quantitative estimate of drug-likeness (QED) is 0.753. The molecule has 0 fully saturated rings. The van der Waals surface area contributed by atoms with E-state index in [9.17, 15) is 0 Å². The van der Waals surface area contributed by atoms with Crippen molar-refractivity contribution >= 4 is 16.8 Å². The number of hydrogen-bond acceptors (Lipinski definition) is 5. The Balaban J connectivity index is 1.92. The van der Waals surface area contributed by atoms with Gasteiger partial charge in [-0.25, -0.2) is 0 Å². The molecule has 0 saturated heterocycles. The van der Waals surface area contributed by atoms with Crippen LogP contribution in [0.2, 0.25) is 0 Å². The molecule has 3 heterocycles. The lowest BCUT2D eigenvalue weighted by atomic mass is 10.0. The maximum absolute atomic E-state index is 5.83. The van der Waals surface area contributed by atoms with Gasteiger partial charge >= 0.3 is 0 Å². The molecule has 4 rings (SSSR count). The van der Waals surface area contributed by atoms with Gasteiger partial charge in [-0.05, 0) is 17.7 Å². The highest BCUT2D eigenvalue weighted by Crippen LogP contribution is 2.39. The fourth-order valence-corrected chi connectivity index (χ4v) is 2.58. The Morgan fingerprint density at radius 3 is 3.21 bits per heavy atom. The predicted molar refractivity (Wildman–Crippen MR) is 68.9 cm³/mol. The highest BCUT2D eigenvalue weighted by atomic mass is 16.5. The number of benzene rings is 1. The van der Waals surface area contributed by atoms with E-state index in [1.807, 2.05) is 23.0 Å². The zero-order valence-electron chi connectivity index (χ0n) is 10.2. The summed E-state index contributed by atoms with van der Waals surface area (Å²) in [7, 11) is 0. The molecule has 0 atom stereocenters. The van der Waals surface area contributed by atoms with Crippen molar-refractivity contribution in [3.8, 4) is 5.75 Å². The summed E-state index contributed by atoms with van der Waals surface area (Å²) >= 11 is 0. The van der Waals surface area contributed by atoms with Gasteiger partial charge in [0.1, 0.15) is 11.1 Å². The highest BCUT2D eigenvalue weighted by molar-refractivity contribution is 5.95. The molecule has 0 saturated carbocycles. The third-order valence-corrected chi connectivity index (χ3v) is 3.43. The second-order valence-electron chi connectivity index (χ2n) is 4.59. The second kappa shape index (κ2) is 3.74. The smallest absolute Gasteiger partial charge is 0.178 e. The lowest BCUT2D eigenvalue weighted by molar-refractivity contribution is 0.360. The Kier molecular flexibility index (Phi) is 2.05. The van der Waals surface area contributed by atoms with Crippen LogP contribution in [0.15, 0.2) is 29.0 Å². The van der Waals surface area contributed by atoms with E-state index >= 15 is 0 Å². The Hall–Kier alpha value is -2.50. The predicted octanol–water partition coefficient (Wildman–Crippen LogP) is 1.59. The third-order valence-electron chi connectivity index (χ3n) is 3.43. The van der Waals surface area contributed by atoms with Crippen molar-refractivity contribution in [1.29, 1.82) is 0 Å². The summed E-state index contributed by atoms with van der Waals surface area (Å²) in [4.78, 5) is 0. The summed E-state index contributed by atoms with van der Waals surface area (Å²) in [6.07, 6.45) is 4.58. The van der Waals surface area contributed by atoms with Crippen molar-refractivity contribution < 1.29 is 9.26 Å². The first-order chi connectivity index (χ1) is 9.33. The zero-order chi connectivity index (χ0) is 12.8. The van der Waals surface area contributed by atoms with Gasteiger partial charge in [-0.15, -0.1) is 0 Å². The van der Waals surface area contributed by atoms with Crippen LogP contribution in [0.1, 0.15) is 11.1 Å². The first kappa shape index (κ1) is 10.4. The largest absolute Gasteiger partial charge is 0.492 e. The van der Waals surface area contributed by atoms with Gasteiger partial charge in [0.05, 0.1) is 13.2 Å². The van der Waals surface area contributed by atoms with Crippen LogP contribution in [0, 0.1) is 0 Å². The number of nitrogen functional groups attached to an aromatic ring is 1. The Bertz CT molecular complexity index is 746. The molecule has 0 amide bonds. The summed E-state index contributed by atoms with van der Waals surface area (Å²) in [5.41, 5.74) is 8.82. The van der Waals surface area contributed by atoms with E-state index in [2.05, 4.69) is 10.3 Å². The molecule has 6 nitrogen and oxygen atoms in total.